The third-order valence-electron chi connectivity index (χ3n) is 3.22. The van der Waals surface area contributed by atoms with Gasteiger partial charge < -0.3 is 10.1 Å². The minimum atomic E-state index is -0.376. The van der Waals surface area contributed by atoms with Crippen molar-refractivity contribution in [2.24, 2.45) is 5.92 Å². The molecule has 21 heavy (non-hydrogen) atoms. The van der Waals surface area contributed by atoms with E-state index < -0.39 is 0 Å². The number of amides is 1. The third kappa shape index (κ3) is 4.84. The summed E-state index contributed by atoms with van der Waals surface area (Å²) < 4.78 is 5.07. The number of ether oxygens (including phenoxy) is 1. The molecule has 0 unspecified atom stereocenters. The summed E-state index contributed by atoms with van der Waals surface area (Å²) in [6, 6.07) is 1.83. The van der Waals surface area contributed by atoms with Gasteiger partial charge in [-0.3, -0.25) is 4.79 Å². The van der Waals surface area contributed by atoms with Crippen LogP contribution in [0.25, 0.3) is 0 Å². The number of rotatable bonds is 7. The van der Waals surface area contributed by atoms with Crippen LogP contribution in [0.15, 0.2) is 6.07 Å². The van der Waals surface area contributed by atoms with E-state index in [-0.39, 0.29) is 17.8 Å². The summed E-state index contributed by atoms with van der Waals surface area (Å²) in [6.45, 7) is 10.2. The summed E-state index contributed by atoms with van der Waals surface area (Å²) in [5, 5.41) is 3.49. The van der Waals surface area contributed by atoms with Gasteiger partial charge >= 0.3 is 5.97 Å². The molecule has 118 valence electrons. The van der Waals surface area contributed by atoms with Gasteiger partial charge in [0.15, 0.2) is 0 Å². The van der Waals surface area contributed by atoms with Gasteiger partial charge in [-0.15, -0.1) is 11.3 Å². The summed E-state index contributed by atoms with van der Waals surface area (Å²) in [6.07, 6.45) is 1.80. The smallest absolute Gasteiger partial charge is 0.341 e. The predicted octanol–water partition coefficient (Wildman–Crippen LogP) is 4.42. The molecule has 4 nitrogen and oxygen atoms in total. The molecule has 0 bridgehead atoms. The van der Waals surface area contributed by atoms with Crippen LogP contribution < -0.4 is 5.32 Å². The van der Waals surface area contributed by atoms with E-state index in [2.05, 4.69) is 26.1 Å². The summed E-state index contributed by atoms with van der Waals surface area (Å²) in [5.74, 6) is -0.171. The van der Waals surface area contributed by atoms with Crippen molar-refractivity contribution in [2.45, 2.75) is 53.4 Å². The molecule has 1 atom stereocenters. The largest absolute Gasteiger partial charge is 0.462 e. The van der Waals surface area contributed by atoms with Crippen LogP contribution in [0.2, 0.25) is 0 Å². The van der Waals surface area contributed by atoms with Crippen molar-refractivity contribution in [1.82, 2.24) is 0 Å². The summed E-state index contributed by atoms with van der Waals surface area (Å²) in [5.41, 5.74) is 0.461. The van der Waals surface area contributed by atoms with Crippen molar-refractivity contribution in [3.8, 4) is 0 Å². The molecule has 1 amide bonds. The Hall–Kier alpha value is -1.36. The fraction of sp³-hybridized carbons (Fsp3) is 0.625. The van der Waals surface area contributed by atoms with Crippen molar-refractivity contribution < 1.29 is 14.3 Å². The monoisotopic (exact) mass is 311 g/mol. The average molecular weight is 311 g/mol. The van der Waals surface area contributed by atoms with E-state index in [4.69, 9.17) is 4.74 Å². The molecule has 0 saturated carbocycles. The standard InChI is InChI=1S/C16H25NO3S/c1-6-8-11(5)14(18)17-15-12(16(19)20-7-2)9-13(21-15)10(3)4/h9-11H,6-8H2,1-5H3,(H,17,18)/t11-/m0/s1. The molecule has 0 spiro atoms. The van der Waals surface area contributed by atoms with E-state index in [0.717, 1.165) is 17.7 Å². The lowest BCUT2D eigenvalue weighted by Crippen LogP contribution is -2.21. The van der Waals surface area contributed by atoms with Crippen molar-refractivity contribution >= 4 is 28.2 Å². The molecule has 1 N–H and O–H groups in total. The van der Waals surface area contributed by atoms with Crippen LogP contribution in [0.5, 0.6) is 0 Å². The average Bonchev–Trinajstić information content (AvgIpc) is 2.83. The third-order valence-corrected chi connectivity index (χ3v) is 4.57. The summed E-state index contributed by atoms with van der Waals surface area (Å²) in [7, 11) is 0. The highest BCUT2D eigenvalue weighted by atomic mass is 32.1. The number of anilines is 1. The Bertz CT molecular complexity index is 494. The van der Waals surface area contributed by atoms with Crippen molar-refractivity contribution in [2.75, 3.05) is 11.9 Å². The Balaban J connectivity index is 2.98. The SMILES string of the molecule is CCC[C@H](C)C(=O)Nc1sc(C(C)C)cc1C(=O)OCC. The highest BCUT2D eigenvalue weighted by Gasteiger charge is 2.21. The van der Waals surface area contributed by atoms with Gasteiger partial charge in [-0.2, -0.15) is 0 Å². The molecule has 0 aliphatic carbocycles. The molecule has 0 saturated heterocycles. The number of esters is 1. The maximum atomic E-state index is 12.2. The number of carbonyl (C=O) groups is 2. The Morgan fingerprint density at radius 1 is 1.29 bits per heavy atom. The molecule has 1 rings (SSSR count). The summed E-state index contributed by atoms with van der Waals surface area (Å²) in [4.78, 5) is 25.2. The molecule has 0 aliphatic heterocycles. The first-order valence-electron chi connectivity index (χ1n) is 7.52. The van der Waals surface area contributed by atoms with Crippen LogP contribution >= 0.6 is 11.3 Å². The second-order valence-corrected chi connectivity index (χ2v) is 6.53. The Morgan fingerprint density at radius 2 is 1.95 bits per heavy atom. The first-order chi connectivity index (χ1) is 9.90. The van der Waals surface area contributed by atoms with Crippen molar-refractivity contribution in [3.05, 3.63) is 16.5 Å². The highest BCUT2D eigenvalue weighted by molar-refractivity contribution is 7.16. The van der Waals surface area contributed by atoms with Gasteiger partial charge in [-0.25, -0.2) is 4.79 Å². The second-order valence-electron chi connectivity index (χ2n) is 5.45. The molecule has 1 heterocycles. The number of hydrogen-bond acceptors (Lipinski definition) is 4. The van der Waals surface area contributed by atoms with Crippen LogP contribution in [0, 0.1) is 5.92 Å². The van der Waals surface area contributed by atoms with Gasteiger partial charge in [0.25, 0.3) is 0 Å². The predicted molar refractivity (Wildman–Crippen MR) is 87.1 cm³/mol. The van der Waals surface area contributed by atoms with E-state index >= 15 is 0 Å². The molecule has 0 radical (unpaired) electrons. The van der Waals surface area contributed by atoms with E-state index in [1.165, 1.54) is 11.3 Å². The van der Waals surface area contributed by atoms with Crippen LogP contribution in [0.3, 0.4) is 0 Å². The first kappa shape index (κ1) is 17.7. The molecule has 0 aromatic carbocycles. The van der Waals surface area contributed by atoms with Gasteiger partial charge in [0.1, 0.15) is 5.00 Å². The maximum absolute atomic E-state index is 12.2. The lowest BCUT2D eigenvalue weighted by Gasteiger charge is -2.11. The van der Waals surface area contributed by atoms with Crippen LogP contribution in [-0.2, 0) is 9.53 Å². The molecule has 5 heteroatoms. The van der Waals surface area contributed by atoms with Gasteiger partial charge in [-0.1, -0.05) is 34.1 Å². The summed E-state index contributed by atoms with van der Waals surface area (Å²) >= 11 is 1.45. The normalized spacial score (nSPS) is 12.3. The molecule has 1 aromatic heterocycles. The highest BCUT2D eigenvalue weighted by Crippen LogP contribution is 2.33. The minimum Gasteiger partial charge on any atom is -0.462 e. The lowest BCUT2D eigenvalue weighted by atomic mass is 10.1. The van der Waals surface area contributed by atoms with Crippen LogP contribution in [-0.4, -0.2) is 18.5 Å². The molecule has 0 fully saturated rings. The van der Waals surface area contributed by atoms with Crippen LogP contribution in [0.1, 0.15) is 68.6 Å². The van der Waals surface area contributed by atoms with Gasteiger partial charge in [0.2, 0.25) is 5.91 Å². The Morgan fingerprint density at radius 3 is 2.48 bits per heavy atom. The van der Waals surface area contributed by atoms with Gasteiger partial charge in [0, 0.05) is 10.8 Å². The van der Waals surface area contributed by atoms with Gasteiger partial charge in [-0.05, 0) is 25.3 Å². The van der Waals surface area contributed by atoms with Crippen molar-refractivity contribution in [1.29, 1.82) is 0 Å². The van der Waals surface area contributed by atoms with E-state index in [1.807, 2.05) is 13.0 Å². The van der Waals surface area contributed by atoms with E-state index in [1.54, 1.807) is 6.92 Å². The molecule has 1 aromatic rings. The molecule has 0 aliphatic rings. The quantitative estimate of drug-likeness (QED) is 0.758. The van der Waals surface area contributed by atoms with Gasteiger partial charge in [0.05, 0.1) is 12.2 Å². The number of nitrogens with one attached hydrogen (secondary N) is 1. The lowest BCUT2D eigenvalue weighted by molar-refractivity contribution is -0.119. The zero-order valence-electron chi connectivity index (χ0n) is 13.5. The number of thiophene rings is 1. The van der Waals surface area contributed by atoms with Crippen LogP contribution in [0.4, 0.5) is 5.00 Å². The van der Waals surface area contributed by atoms with Crippen molar-refractivity contribution in [3.63, 3.8) is 0 Å². The zero-order valence-corrected chi connectivity index (χ0v) is 14.3. The van der Waals surface area contributed by atoms with E-state index in [0.29, 0.717) is 23.1 Å². The zero-order chi connectivity index (χ0) is 16.0. The molecular weight excluding hydrogens is 286 g/mol. The Kier molecular flexibility index (Phi) is 6.89. The minimum absolute atomic E-state index is 0.0421. The maximum Gasteiger partial charge on any atom is 0.341 e. The molecular formula is C16H25NO3S. The fourth-order valence-electron chi connectivity index (χ4n) is 1.95. The number of hydrogen-bond donors (Lipinski definition) is 1. The first-order valence-corrected chi connectivity index (χ1v) is 8.34. The Labute approximate surface area is 130 Å². The second kappa shape index (κ2) is 8.17. The van der Waals surface area contributed by atoms with E-state index in [9.17, 15) is 9.59 Å². The topological polar surface area (TPSA) is 55.4 Å². The number of carbonyl (C=O) groups excluding carboxylic acids is 2. The fourth-order valence-corrected chi connectivity index (χ4v) is 3.00.